The van der Waals surface area contributed by atoms with Crippen LogP contribution in [0.15, 0.2) is 12.1 Å². The molecule has 0 aliphatic carbocycles. The Balaban J connectivity index is 0.000000247. The summed E-state index contributed by atoms with van der Waals surface area (Å²) in [6, 6.07) is 4.00. The quantitative estimate of drug-likeness (QED) is 0.748. The van der Waals surface area contributed by atoms with Crippen molar-refractivity contribution in [2.45, 2.75) is 31.7 Å². The first kappa shape index (κ1) is 15.4. The Kier molecular flexibility index (Phi) is 6.36. The summed E-state index contributed by atoms with van der Waals surface area (Å²) < 4.78 is 4.94. The summed E-state index contributed by atoms with van der Waals surface area (Å²) in [5.41, 5.74) is 0.986. The molecule has 1 aromatic heterocycles. The van der Waals surface area contributed by atoms with E-state index in [1.54, 1.807) is 6.07 Å². The van der Waals surface area contributed by atoms with Gasteiger partial charge in [0, 0.05) is 32.4 Å². The van der Waals surface area contributed by atoms with Crippen LogP contribution in [0.5, 0.6) is 0 Å². The minimum absolute atomic E-state index is 0.230. The van der Waals surface area contributed by atoms with Crippen LogP contribution in [0.3, 0.4) is 0 Å². The van der Waals surface area contributed by atoms with E-state index in [1.807, 2.05) is 6.07 Å². The summed E-state index contributed by atoms with van der Waals surface area (Å²) >= 11 is 5.81. The Hall–Kier alpha value is -1.04. The Morgan fingerprint density at radius 1 is 1.35 bits per heavy atom. The summed E-state index contributed by atoms with van der Waals surface area (Å²) in [7, 11) is 0. The molecule has 1 aromatic rings. The maximum atomic E-state index is 8.75. The van der Waals surface area contributed by atoms with E-state index in [0.29, 0.717) is 11.2 Å². The molecule has 1 saturated heterocycles. The van der Waals surface area contributed by atoms with E-state index >= 15 is 0 Å². The van der Waals surface area contributed by atoms with Crippen molar-refractivity contribution >= 4 is 23.1 Å². The molecule has 0 unspecified atom stereocenters. The van der Waals surface area contributed by atoms with E-state index < -0.39 is 0 Å². The SMILES string of the molecule is C1CCOC1.OCCC[C@H]1CNc2ccc(Cl)nc2N1. The van der Waals surface area contributed by atoms with E-state index in [2.05, 4.69) is 15.6 Å². The van der Waals surface area contributed by atoms with Crippen LogP contribution in [0.1, 0.15) is 25.7 Å². The molecule has 1 fully saturated rings. The number of anilines is 2. The fraction of sp³-hybridized carbons (Fsp3) is 0.643. The summed E-state index contributed by atoms with van der Waals surface area (Å²) in [5.74, 6) is 0.802. The van der Waals surface area contributed by atoms with Gasteiger partial charge in [-0.1, -0.05) is 11.6 Å². The zero-order valence-electron chi connectivity index (χ0n) is 11.6. The molecule has 3 rings (SSSR count). The number of rotatable bonds is 3. The number of pyridine rings is 1. The third-order valence-corrected chi connectivity index (χ3v) is 3.49. The van der Waals surface area contributed by atoms with Crippen molar-refractivity contribution in [2.75, 3.05) is 37.0 Å². The molecular weight excluding hydrogens is 278 g/mol. The lowest BCUT2D eigenvalue weighted by molar-refractivity contribution is 0.198. The minimum Gasteiger partial charge on any atom is -0.396 e. The van der Waals surface area contributed by atoms with E-state index in [9.17, 15) is 0 Å². The van der Waals surface area contributed by atoms with Gasteiger partial charge in [0.1, 0.15) is 5.15 Å². The number of aliphatic hydroxyl groups is 1. The van der Waals surface area contributed by atoms with Crippen molar-refractivity contribution in [3.05, 3.63) is 17.3 Å². The van der Waals surface area contributed by atoms with Crippen LogP contribution in [-0.4, -0.2) is 42.5 Å². The minimum atomic E-state index is 0.230. The highest BCUT2D eigenvalue weighted by atomic mass is 35.5. The number of nitrogens with zero attached hydrogens (tertiary/aromatic N) is 1. The smallest absolute Gasteiger partial charge is 0.151 e. The Morgan fingerprint density at radius 3 is 2.80 bits per heavy atom. The molecule has 6 heteroatoms. The second-order valence-corrected chi connectivity index (χ2v) is 5.32. The van der Waals surface area contributed by atoms with Gasteiger partial charge in [0.05, 0.1) is 5.69 Å². The van der Waals surface area contributed by atoms with Crippen molar-refractivity contribution in [2.24, 2.45) is 0 Å². The number of hydrogen-bond donors (Lipinski definition) is 3. The molecule has 20 heavy (non-hydrogen) atoms. The largest absolute Gasteiger partial charge is 0.396 e. The van der Waals surface area contributed by atoms with Crippen LogP contribution in [0, 0.1) is 0 Å². The van der Waals surface area contributed by atoms with Gasteiger partial charge in [-0.05, 0) is 37.8 Å². The van der Waals surface area contributed by atoms with Gasteiger partial charge in [0.15, 0.2) is 5.82 Å². The second-order valence-electron chi connectivity index (χ2n) is 4.94. The van der Waals surface area contributed by atoms with Crippen LogP contribution in [-0.2, 0) is 4.74 Å². The van der Waals surface area contributed by atoms with Gasteiger partial charge < -0.3 is 20.5 Å². The van der Waals surface area contributed by atoms with Crippen molar-refractivity contribution in [1.82, 2.24) is 4.98 Å². The normalized spacial score (nSPS) is 20.2. The van der Waals surface area contributed by atoms with Crippen molar-refractivity contribution in [3.8, 4) is 0 Å². The molecule has 2 aliphatic heterocycles. The van der Waals surface area contributed by atoms with E-state index in [-0.39, 0.29) is 6.61 Å². The van der Waals surface area contributed by atoms with Gasteiger partial charge in [-0.2, -0.15) is 0 Å². The molecule has 0 radical (unpaired) electrons. The number of nitrogens with one attached hydrogen (secondary N) is 2. The number of hydrogen-bond acceptors (Lipinski definition) is 5. The van der Waals surface area contributed by atoms with Crippen molar-refractivity contribution in [3.63, 3.8) is 0 Å². The van der Waals surface area contributed by atoms with Crippen molar-refractivity contribution in [1.29, 1.82) is 0 Å². The lowest BCUT2D eigenvalue weighted by Gasteiger charge is -2.27. The molecule has 0 bridgehead atoms. The zero-order chi connectivity index (χ0) is 14.2. The monoisotopic (exact) mass is 299 g/mol. The van der Waals surface area contributed by atoms with E-state index in [1.165, 1.54) is 12.8 Å². The second kappa shape index (κ2) is 8.29. The van der Waals surface area contributed by atoms with Gasteiger partial charge >= 0.3 is 0 Å². The third kappa shape index (κ3) is 4.81. The summed E-state index contributed by atoms with van der Waals surface area (Å²) in [6.07, 6.45) is 4.28. The molecule has 0 saturated carbocycles. The maximum absolute atomic E-state index is 8.75. The number of aromatic nitrogens is 1. The van der Waals surface area contributed by atoms with Gasteiger partial charge in [-0.25, -0.2) is 4.98 Å². The Morgan fingerprint density at radius 2 is 2.15 bits per heavy atom. The Labute approximate surface area is 124 Å². The highest BCUT2D eigenvalue weighted by Crippen LogP contribution is 2.26. The molecule has 3 N–H and O–H groups in total. The third-order valence-electron chi connectivity index (χ3n) is 3.28. The summed E-state index contributed by atoms with van der Waals surface area (Å²) in [4.78, 5) is 4.20. The summed E-state index contributed by atoms with van der Waals surface area (Å²) in [6.45, 7) is 3.09. The fourth-order valence-electron chi connectivity index (χ4n) is 2.19. The molecule has 2 aliphatic rings. The number of halogens is 1. The molecule has 0 amide bonds. The number of aliphatic hydroxyl groups excluding tert-OH is 1. The predicted molar refractivity (Wildman–Crippen MR) is 81.5 cm³/mol. The molecule has 5 nitrogen and oxygen atoms in total. The molecule has 0 aromatic carbocycles. The first-order chi connectivity index (χ1) is 9.79. The van der Waals surface area contributed by atoms with Crippen LogP contribution >= 0.6 is 11.6 Å². The zero-order valence-corrected chi connectivity index (χ0v) is 12.3. The Bertz CT molecular complexity index is 406. The molecule has 112 valence electrons. The number of ether oxygens (including phenoxy) is 1. The van der Waals surface area contributed by atoms with Gasteiger partial charge in [0.25, 0.3) is 0 Å². The van der Waals surface area contributed by atoms with E-state index in [4.69, 9.17) is 21.4 Å². The predicted octanol–water partition coefficient (Wildman–Crippen LogP) is 2.51. The first-order valence-corrected chi connectivity index (χ1v) is 7.53. The van der Waals surface area contributed by atoms with Gasteiger partial charge in [-0.3, -0.25) is 0 Å². The molecule has 0 spiro atoms. The standard InChI is InChI=1S/C10H14ClN3O.C4H8O/c11-9-4-3-8-10(14-9)13-7(6-12-8)2-1-5-15;1-2-4-5-3-1/h3-4,7,12,15H,1-2,5-6H2,(H,13,14);1-4H2/t7-;/m0./s1. The lowest BCUT2D eigenvalue weighted by atomic mass is 10.1. The molecule has 1 atom stereocenters. The van der Waals surface area contributed by atoms with Gasteiger partial charge in [0.2, 0.25) is 0 Å². The number of fused-ring (bicyclic) bond motifs is 1. The van der Waals surface area contributed by atoms with Crippen LogP contribution in [0.4, 0.5) is 11.5 Å². The highest BCUT2D eigenvalue weighted by molar-refractivity contribution is 6.29. The fourth-order valence-corrected chi connectivity index (χ4v) is 2.34. The topological polar surface area (TPSA) is 66.4 Å². The molecular formula is C14H22ClN3O2. The van der Waals surface area contributed by atoms with Crippen molar-refractivity contribution < 1.29 is 9.84 Å². The average molecular weight is 300 g/mol. The van der Waals surface area contributed by atoms with Gasteiger partial charge in [-0.15, -0.1) is 0 Å². The maximum Gasteiger partial charge on any atom is 0.151 e. The molecule has 3 heterocycles. The lowest BCUT2D eigenvalue weighted by Crippen LogP contribution is -2.33. The average Bonchev–Trinajstić information content (AvgIpc) is 3.04. The highest BCUT2D eigenvalue weighted by Gasteiger charge is 2.17. The van der Waals surface area contributed by atoms with Crippen LogP contribution in [0.2, 0.25) is 5.15 Å². The van der Waals surface area contributed by atoms with Crippen LogP contribution < -0.4 is 10.6 Å². The van der Waals surface area contributed by atoms with E-state index in [0.717, 1.165) is 44.1 Å². The summed E-state index contributed by atoms with van der Waals surface area (Å²) in [5, 5.41) is 15.8. The van der Waals surface area contributed by atoms with Crippen LogP contribution in [0.25, 0.3) is 0 Å². The first-order valence-electron chi connectivity index (χ1n) is 7.15.